The van der Waals surface area contributed by atoms with Crippen LogP contribution in [0.15, 0.2) is 0 Å². The van der Waals surface area contributed by atoms with Crippen molar-refractivity contribution in [3.8, 4) is 0 Å². The van der Waals surface area contributed by atoms with Crippen LogP contribution in [0.4, 0.5) is 17.6 Å². The van der Waals surface area contributed by atoms with Gasteiger partial charge < -0.3 is 4.43 Å². The number of halogens is 4. The Bertz CT molecular complexity index is 489. The molecule has 0 N–H and O–H groups in total. The fourth-order valence-electron chi connectivity index (χ4n) is 2.76. The average molecular weight is 376 g/mol. The molecule has 2 fully saturated rings. The van der Waals surface area contributed by atoms with E-state index in [1.807, 2.05) is 0 Å². The summed E-state index contributed by atoms with van der Waals surface area (Å²) in [6.45, 7) is 5.21. The molecule has 0 aromatic rings. The molecule has 0 aromatic heterocycles. The molecule has 2 heterocycles. The molecule has 0 saturated carbocycles. The average Bonchev–Trinajstić information content (AvgIpc) is 3.34. The highest BCUT2D eigenvalue weighted by Gasteiger charge is 2.83. The highest BCUT2D eigenvalue weighted by Crippen LogP contribution is 2.55. The zero-order chi connectivity index (χ0) is 18.4. The minimum Gasteiger partial charge on any atom is -0.507 e. The molecule has 0 radical (unpaired) electrons. The number of carbonyl (C=O) groups is 1. The van der Waals surface area contributed by atoms with Crippen LogP contribution in [-0.4, -0.2) is 37.0 Å². The summed E-state index contributed by atoms with van der Waals surface area (Å²) in [5.41, 5.74) is -3.00. The van der Waals surface area contributed by atoms with Crippen LogP contribution in [0.3, 0.4) is 0 Å². The number of alkyl halides is 4. The molecule has 2 saturated heterocycles. The number of carbonyl (C=O) groups excluding carboxylic acids is 1. The molecule has 6 nitrogen and oxygen atoms in total. The lowest BCUT2D eigenvalue weighted by Gasteiger charge is -2.34. The second-order valence-corrected chi connectivity index (χ2v) is 10.5. The van der Waals surface area contributed by atoms with Gasteiger partial charge in [0.15, 0.2) is 0 Å². The predicted molar refractivity (Wildman–Crippen MR) is 72.9 cm³/mol. The van der Waals surface area contributed by atoms with Crippen LogP contribution < -0.4 is 0 Å². The molecule has 0 aliphatic carbocycles. The van der Waals surface area contributed by atoms with Gasteiger partial charge in [-0.15, -0.1) is 0 Å². The maximum absolute atomic E-state index is 14.0. The van der Waals surface area contributed by atoms with Crippen molar-refractivity contribution < 1.29 is 46.3 Å². The molecule has 2 aliphatic rings. The van der Waals surface area contributed by atoms with E-state index < -0.39 is 55.8 Å². The Morgan fingerprint density at radius 3 is 1.75 bits per heavy atom. The maximum atomic E-state index is 14.0. The van der Waals surface area contributed by atoms with E-state index in [9.17, 15) is 22.4 Å². The highest BCUT2D eigenvalue weighted by molar-refractivity contribution is 6.80. The van der Waals surface area contributed by atoms with Gasteiger partial charge in [-0.1, -0.05) is 13.3 Å². The normalized spacial score (nSPS) is 22.2. The molecule has 0 unspecified atom stereocenters. The van der Waals surface area contributed by atoms with Gasteiger partial charge >= 0.3 is 20.2 Å². The number of hydrogen-bond acceptors (Lipinski definition) is 6. The first-order valence-corrected chi connectivity index (χ1v) is 9.65. The van der Waals surface area contributed by atoms with Gasteiger partial charge in [-0.2, -0.15) is 37.1 Å². The lowest BCUT2D eigenvalue weighted by Crippen LogP contribution is -2.63. The lowest BCUT2D eigenvalue weighted by molar-refractivity contribution is -0.213. The molecule has 0 aromatic carbocycles. The van der Waals surface area contributed by atoms with E-state index in [1.54, 1.807) is 0 Å². The van der Waals surface area contributed by atoms with Crippen LogP contribution in [-0.2, 0) is 28.8 Å². The van der Waals surface area contributed by atoms with E-state index >= 15 is 0 Å². The van der Waals surface area contributed by atoms with Gasteiger partial charge in [0.05, 0.1) is 0 Å². The summed E-state index contributed by atoms with van der Waals surface area (Å²) in [5.74, 6) is -9.24. The summed E-state index contributed by atoms with van der Waals surface area (Å²) >= 11 is 0. The second kappa shape index (κ2) is 5.90. The number of hydrogen-bond donors (Lipinski definition) is 0. The topological polar surface area (TPSA) is 76.4 Å². The van der Waals surface area contributed by atoms with Gasteiger partial charge in [-0.3, -0.25) is 4.79 Å². The van der Waals surface area contributed by atoms with Gasteiger partial charge in [-0.05, 0) is 19.9 Å². The Kier molecular flexibility index (Phi) is 4.81. The van der Waals surface area contributed by atoms with E-state index in [4.69, 9.17) is 24.0 Å². The molecular weight excluding hydrogens is 356 g/mol. The third kappa shape index (κ3) is 3.19. The van der Waals surface area contributed by atoms with E-state index in [0.29, 0.717) is 0 Å². The quantitative estimate of drug-likeness (QED) is 0.266. The van der Waals surface area contributed by atoms with Crippen molar-refractivity contribution in [3.05, 3.63) is 0 Å². The molecule has 11 heteroatoms. The Balaban J connectivity index is 2.25. The van der Waals surface area contributed by atoms with Gasteiger partial charge in [0.25, 0.3) is 16.8 Å². The Morgan fingerprint density at radius 1 is 1.00 bits per heavy atom. The van der Waals surface area contributed by atoms with Crippen molar-refractivity contribution in [2.45, 2.75) is 75.7 Å². The molecular formula is C13H20F4O6Si. The molecule has 2 rings (SSSR count). The molecule has 0 bridgehead atoms. The monoisotopic (exact) mass is 376 g/mol. The van der Waals surface area contributed by atoms with Crippen molar-refractivity contribution in [1.29, 1.82) is 0 Å². The summed E-state index contributed by atoms with van der Waals surface area (Å²) in [5, 5.41) is 0. The smallest absolute Gasteiger partial charge is 0.390 e. The summed E-state index contributed by atoms with van der Waals surface area (Å²) in [7, 11) is -3.80. The molecule has 0 atom stereocenters. The van der Waals surface area contributed by atoms with Crippen LogP contribution in [0.2, 0.25) is 6.04 Å². The molecule has 2 aliphatic heterocycles. The first-order valence-electron chi connectivity index (χ1n) is 7.54. The van der Waals surface area contributed by atoms with Crippen molar-refractivity contribution in [3.63, 3.8) is 0 Å². The molecule has 140 valence electrons. The van der Waals surface area contributed by atoms with Crippen molar-refractivity contribution in [1.82, 2.24) is 0 Å². The highest BCUT2D eigenvalue weighted by atomic mass is 28.4. The van der Waals surface area contributed by atoms with Gasteiger partial charge in [0, 0.05) is 19.8 Å². The maximum Gasteiger partial charge on any atom is 0.390 e. The van der Waals surface area contributed by atoms with E-state index in [0.717, 1.165) is 6.92 Å². The van der Waals surface area contributed by atoms with Crippen molar-refractivity contribution in [2.75, 3.05) is 0 Å². The molecule has 0 spiro atoms. The van der Waals surface area contributed by atoms with E-state index in [2.05, 4.69) is 0 Å². The molecule has 0 amide bonds. The van der Waals surface area contributed by atoms with Crippen LogP contribution in [0.1, 0.15) is 47.0 Å². The van der Waals surface area contributed by atoms with Crippen LogP contribution in [0.5, 0.6) is 0 Å². The van der Waals surface area contributed by atoms with Crippen molar-refractivity contribution in [2.24, 2.45) is 0 Å². The van der Waals surface area contributed by atoms with Gasteiger partial charge in [0.2, 0.25) is 0 Å². The third-order valence-electron chi connectivity index (χ3n) is 4.34. The lowest BCUT2D eigenvalue weighted by atomic mass is 10.0. The van der Waals surface area contributed by atoms with Gasteiger partial charge in [0.1, 0.15) is 0 Å². The first-order chi connectivity index (χ1) is 10.8. The number of rotatable bonds is 9. The van der Waals surface area contributed by atoms with Crippen molar-refractivity contribution >= 4 is 14.3 Å². The van der Waals surface area contributed by atoms with Crippen LogP contribution in [0, 0.1) is 0 Å². The largest absolute Gasteiger partial charge is 0.507 e. The zero-order valence-corrected chi connectivity index (χ0v) is 14.8. The Hall–Kier alpha value is -0.753. The van der Waals surface area contributed by atoms with E-state index in [1.165, 1.54) is 20.8 Å². The SMILES string of the molecule is CCCC(F)(F)C(F)(F)CC[Si](OC(C)=O)(C1(C)OO1)C1(C)OO1. The van der Waals surface area contributed by atoms with Crippen LogP contribution >= 0.6 is 0 Å². The molecule has 24 heavy (non-hydrogen) atoms. The van der Waals surface area contributed by atoms with E-state index in [-0.39, 0.29) is 6.42 Å². The predicted octanol–water partition coefficient (Wildman–Crippen LogP) is 3.39. The Labute approximate surface area is 137 Å². The Morgan fingerprint density at radius 2 is 1.42 bits per heavy atom. The van der Waals surface area contributed by atoms with Gasteiger partial charge in [-0.25, -0.2) is 0 Å². The minimum absolute atomic E-state index is 0.0943. The summed E-state index contributed by atoms with van der Waals surface area (Å²) < 4.78 is 60.8. The fourth-order valence-corrected chi connectivity index (χ4v) is 6.74. The second-order valence-electron chi connectivity index (χ2n) is 6.30. The zero-order valence-electron chi connectivity index (χ0n) is 13.8. The van der Waals surface area contributed by atoms with Crippen LogP contribution in [0.25, 0.3) is 0 Å². The first kappa shape index (κ1) is 19.6. The summed E-state index contributed by atoms with van der Waals surface area (Å²) in [6, 6.07) is -0.577. The minimum atomic E-state index is -4.28. The third-order valence-corrected chi connectivity index (χ3v) is 9.20. The fraction of sp³-hybridized carbons (Fsp3) is 0.923. The summed E-state index contributed by atoms with van der Waals surface area (Å²) in [6.07, 6.45) is -2.26. The summed E-state index contributed by atoms with van der Waals surface area (Å²) in [4.78, 5) is 30.8. The standard InChI is InChI=1S/C13H20F4O6Si/c1-5-6-12(14,15)13(16,17)7-8-24(19-9(2)18,10(3)20-21-10)11(4)22-23-11/h5-8H2,1-4H3.